The second-order valence-electron chi connectivity index (χ2n) is 3.86. The molecule has 1 aromatic carbocycles. The molecule has 0 aliphatic heterocycles. The van der Waals surface area contributed by atoms with Crippen LogP contribution in [0, 0.1) is 0 Å². The summed E-state index contributed by atoms with van der Waals surface area (Å²) in [5.74, 6) is 0. The van der Waals surface area contributed by atoms with E-state index in [4.69, 9.17) is 0 Å². The van der Waals surface area contributed by atoms with Gasteiger partial charge in [0.15, 0.2) is 5.13 Å². The lowest BCUT2D eigenvalue weighted by atomic mass is 10.3. The van der Waals surface area contributed by atoms with Crippen molar-refractivity contribution in [3.8, 4) is 0 Å². The molecule has 0 saturated carbocycles. The van der Waals surface area contributed by atoms with Gasteiger partial charge in [-0.05, 0) is 29.8 Å². The molecule has 3 aromatic rings. The van der Waals surface area contributed by atoms with Crippen molar-refractivity contribution in [3.63, 3.8) is 0 Å². The molecule has 4 nitrogen and oxygen atoms in total. The van der Waals surface area contributed by atoms with E-state index in [1.165, 1.54) is 22.7 Å². The van der Waals surface area contributed by atoms with E-state index in [1.807, 2.05) is 24.5 Å². The van der Waals surface area contributed by atoms with E-state index in [1.54, 1.807) is 29.3 Å². The molecule has 0 atom stereocenters. The first-order valence-corrected chi connectivity index (χ1v) is 10.0. The van der Waals surface area contributed by atoms with Gasteiger partial charge in [-0.1, -0.05) is 23.5 Å². The summed E-state index contributed by atoms with van der Waals surface area (Å²) >= 11 is 4.12. The Balaban J connectivity index is 2.00. The summed E-state index contributed by atoms with van der Waals surface area (Å²) in [6.45, 7) is 0. The van der Waals surface area contributed by atoms with Crippen LogP contribution in [0.1, 0.15) is 0 Å². The molecule has 0 aliphatic carbocycles. The molecule has 0 amide bonds. The van der Waals surface area contributed by atoms with Crippen LogP contribution in [-0.2, 0) is 10.0 Å². The Morgan fingerprint density at radius 3 is 2.80 bits per heavy atom. The van der Waals surface area contributed by atoms with Gasteiger partial charge in [-0.3, -0.25) is 4.72 Å². The first kappa shape index (κ1) is 13.9. The minimum Gasteiger partial charge on any atom is -0.254 e. The van der Waals surface area contributed by atoms with Crippen LogP contribution in [0.2, 0.25) is 0 Å². The molecule has 0 saturated heterocycles. The molecule has 0 aliphatic rings. The average molecular weight is 342 g/mol. The highest BCUT2D eigenvalue weighted by Gasteiger charge is 2.18. The number of hydrogen-bond donors (Lipinski definition) is 1. The van der Waals surface area contributed by atoms with Gasteiger partial charge in [-0.2, -0.15) is 0 Å². The number of nitrogens with zero attached hydrogens (tertiary/aromatic N) is 1. The third kappa shape index (κ3) is 2.56. The number of nitrogens with one attached hydrogen (secondary N) is 1. The van der Waals surface area contributed by atoms with Gasteiger partial charge in [0, 0.05) is 4.90 Å². The number of aromatic nitrogens is 1. The number of thioether (sulfide) groups is 1. The number of hydrogen-bond acceptors (Lipinski definition) is 6. The molecule has 0 radical (unpaired) electrons. The van der Waals surface area contributed by atoms with Crippen molar-refractivity contribution in [1.82, 2.24) is 4.98 Å². The van der Waals surface area contributed by atoms with Crippen LogP contribution in [0.3, 0.4) is 0 Å². The molecular weight excluding hydrogens is 332 g/mol. The number of fused-ring (bicyclic) bond motifs is 1. The highest BCUT2D eigenvalue weighted by atomic mass is 32.2. The van der Waals surface area contributed by atoms with Crippen LogP contribution < -0.4 is 4.72 Å². The number of sulfonamides is 1. The number of anilines is 1. The summed E-state index contributed by atoms with van der Waals surface area (Å²) in [7, 11) is -3.53. The fourth-order valence-corrected chi connectivity index (χ4v) is 5.46. The Kier molecular flexibility index (Phi) is 3.72. The third-order valence-corrected chi connectivity index (χ3v) is 7.15. The van der Waals surface area contributed by atoms with Crippen molar-refractivity contribution in [2.75, 3.05) is 11.0 Å². The van der Waals surface area contributed by atoms with Gasteiger partial charge in [0.2, 0.25) is 0 Å². The molecule has 104 valence electrons. The lowest BCUT2D eigenvalue weighted by molar-refractivity contribution is 0.603. The fourth-order valence-electron chi connectivity index (χ4n) is 1.71. The Labute approximate surface area is 128 Å². The molecule has 3 rings (SSSR count). The number of para-hydroxylation sites is 1. The predicted octanol–water partition coefficient (Wildman–Crippen LogP) is 3.88. The molecule has 20 heavy (non-hydrogen) atoms. The normalized spacial score (nSPS) is 11.8. The maximum absolute atomic E-state index is 12.2. The first-order valence-electron chi connectivity index (χ1n) is 5.60. The summed E-state index contributed by atoms with van der Waals surface area (Å²) in [5, 5.41) is 2.13. The lowest BCUT2D eigenvalue weighted by Gasteiger charge is -2.01. The molecule has 2 aromatic heterocycles. The summed E-state index contributed by atoms with van der Waals surface area (Å²) in [4.78, 5) is 5.43. The number of benzene rings is 1. The second kappa shape index (κ2) is 5.36. The van der Waals surface area contributed by atoms with E-state index in [0.29, 0.717) is 9.34 Å². The van der Waals surface area contributed by atoms with E-state index in [-0.39, 0.29) is 0 Å². The van der Waals surface area contributed by atoms with Gasteiger partial charge in [0.25, 0.3) is 10.0 Å². The largest absolute Gasteiger partial charge is 0.273 e. The Morgan fingerprint density at radius 2 is 2.10 bits per heavy atom. The summed E-state index contributed by atoms with van der Waals surface area (Å²) in [6.07, 6.45) is 1.98. The van der Waals surface area contributed by atoms with Crippen molar-refractivity contribution in [3.05, 3.63) is 35.7 Å². The topological polar surface area (TPSA) is 59.1 Å². The van der Waals surface area contributed by atoms with Crippen LogP contribution >= 0.6 is 34.4 Å². The fraction of sp³-hybridized carbons (Fsp3) is 0.0833. The van der Waals surface area contributed by atoms with Crippen LogP contribution in [0.5, 0.6) is 0 Å². The monoisotopic (exact) mass is 342 g/mol. The van der Waals surface area contributed by atoms with Gasteiger partial charge in [0.05, 0.1) is 10.2 Å². The van der Waals surface area contributed by atoms with E-state index in [9.17, 15) is 8.42 Å². The van der Waals surface area contributed by atoms with E-state index < -0.39 is 10.0 Å². The maximum Gasteiger partial charge on any atom is 0.273 e. The van der Waals surface area contributed by atoms with Gasteiger partial charge < -0.3 is 0 Å². The zero-order valence-electron chi connectivity index (χ0n) is 10.4. The smallest absolute Gasteiger partial charge is 0.254 e. The quantitative estimate of drug-likeness (QED) is 0.731. The average Bonchev–Trinajstić information content (AvgIpc) is 3.06. The number of rotatable bonds is 4. The Bertz CT molecular complexity index is 838. The van der Waals surface area contributed by atoms with E-state index in [0.717, 1.165) is 15.1 Å². The molecule has 0 spiro atoms. The third-order valence-electron chi connectivity index (χ3n) is 2.58. The highest BCUT2D eigenvalue weighted by molar-refractivity contribution is 7.98. The molecule has 0 bridgehead atoms. The zero-order valence-corrected chi connectivity index (χ0v) is 13.6. The van der Waals surface area contributed by atoms with Gasteiger partial charge in [0.1, 0.15) is 4.21 Å². The molecule has 1 N–H and O–H groups in total. The van der Waals surface area contributed by atoms with Crippen molar-refractivity contribution in [1.29, 1.82) is 0 Å². The van der Waals surface area contributed by atoms with E-state index in [2.05, 4.69) is 9.71 Å². The zero-order chi connectivity index (χ0) is 14.2. The molecule has 0 fully saturated rings. The van der Waals surface area contributed by atoms with Crippen molar-refractivity contribution < 1.29 is 8.42 Å². The first-order chi connectivity index (χ1) is 9.60. The van der Waals surface area contributed by atoms with Crippen LogP contribution in [0.4, 0.5) is 5.13 Å². The minimum absolute atomic E-state index is 0.293. The molecular formula is C12H10N2O2S4. The van der Waals surface area contributed by atoms with E-state index >= 15 is 0 Å². The van der Waals surface area contributed by atoms with Crippen LogP contribution in [0.25, 0.3) is 10.2 Å². The SMILES string of the molecule is CSc1cccc2sc(NS(=O)(=O)c3cccs3)nc12. The summed E-state index contributed by atoms with van der Waals surface area (Å²) in [6, 6.07) is 9.15. The number of thiophene rings is 1. The maximum atomic E-state index is 12.2. The predicted molar refractivity (Wildman–Crippen MR) is 86.5 cm³/mol. The van der Waals surface area contributed by atoms with Crippen molar-refractivity contribution in [2.24, 2.45) is 0 Å². The Hall–Kier alpha value is -1.09. The minimum atomic E-state index is -3.53. The van der Waals surface area contributed by atoms with Gasteiger partial charge in [-0.25, -0.2) is 13.4 Å². The highest BCUT2D eigenvalue weighted by Crippen LogP contribution is 2.33. The van der Waals surface area contributed by atoms with Crippen LogP contribution in [0.15, 0.2) is 44.8 Å². The molecule has 8 heteroatoms. The van der Waals surface area contributed by atoms with Gasteiger partial charge >= 0.3 is 0 Å². The second-order valence-corrected chi connectivity index (χ2v) is 8.60. The number of thiazole rings is 1. The lowest BCUT2D eigenvalue weighted by Crippen LogP contribution is -2.10. The van der Waals surface area contributed by atoms with Crippen LogP contribution in [-0.4, -0.2) is 19.7 Å². The molecule has 0 unspecified atom stereocenters. The summed E-state index contributed by atoms with van der Waals surface area (Å²) in [5.41, 5.74) is 0.842. The molecule has 2 heterocycles. The van der Waals surface area contributed by atoms with Gasteiger partial charge in [-0.15, -0.1) is 23.1 Å². The van der Waals surface area contributed by atoms with Crippen molar-refractivity contribution in [2.45, 2.75) is 9.10 Å². The Morgan fingerprint density at radius 1 is 1.25 bits per heavy atom. The standard InChI is InChI=1S/C12H10N2O2S4/c1-17-8-4-2-5-9-11(8)13-12(19-9)14-20(15,16)10-6-3-7-18-10/h2-7H,1H3,(H,13,14). The summed E-state index contributed by atoms with van der Waals surface area (Å²) < 4.78 is 28.1. The van der Waals surface area contributed by atoms with Crippen molar-refractivity contribution >= 4 is 59.8 Å².